The van der Waals surface area contributed by atoms with Gasteiger partial charge in [-0.1, -0.05) is 0 Å². The van der Waals surface area contributed by atoms with E-state index in [9.17, 15) is 22.0 Å². The lowest BCUT2D eigenvalue weighted by atomic mass is 10.1. The van der Waals surface area contributed by atoms with Crippen LogP contribution in [0.2, 0.25) is 0 Å². The zero-order valence-corrected chi connectivity index (χ0v) is 12.3. The van der Waals surface area contributed by atoms with Gasteiger partial charge in [0.25, 0.3) is 11.8 Å². The lowest BCUT2D eigenvalue weighted by Crippen LogP contribution is -2.58. The van der Waals surface area contributed by atoms with Crippen LogP contribution in [0.25, 0.3) is 0 Å². The summed E-state index contributed by atoms with van der Waals surface area (Å²) in [7, 11) is -3.40. The zero-order chi connectivity index (χ0) is 14.4. The van der Waals surface area contributed by atoms with Crippen LogP contribution in [0.4, 0.5) is 8.78 Å². The van der Waals surface area contributed by atoms with E-state index in [-0.39, 0.29) is 14.9 Å². The molecule has 0 radical (unpaired) electrons. The third kappa shape index (κ3) is 2.94. The average molecular weight is 354 g/mol. The third-order valence-corrected chi connectivity index (χ3v) is 4.78. The van der Waals surface area contributed by atoms with Gasteiger partial charge in [0.2, 0.25) is 0 Å². The van der Waals surface area contributed by atoms with Gasteiger partial charge in [-0.2, -0.15) is 0 Å². The number of halogens is 3. The molecule has 1 aromatic carbocycles. The Morgan fingerprint density at radius 2 is 1.95 bits per heavy atom. The topological polar surface area (TPSA) is 54.5 Å². The summed E-state index contributed by atoms with van der Waals surface area (Å²) in [5.74, 6) is -3.36. The molecule has 104 valence electrons. The fraction of sp³-hybridized carbons (Fsp3) is 0.364. The van der Waals surface area contributed by atoms with Crippen molar-refractivity contribution >= 4 is 31.7 Å². The average Bonchev–Trinajstić information content (AvgIpc) is 2.22. The van der Waals surface area contributed by atoms with Crippen molar-refractivity contribution in [3.8, 4) is 0 Å². The van der Waals surface area contributed by atoms with Crippen molar-refractivity contribution in [2.75, 3.05) is 19.3 Å². The molecule has 0 atom stereocenters. The highest BCUT2D eigenvalue weighted by molar-refractivity contribution is 9.10. The van der Waals surface area contributed by atoms with Crippen LogP contribution in [0.1, 0.15) is 10.4 Å². The van der Waals surface area contributed by atoms with Crippen molar-refractivity contribution in [2.45, 2.75) is 10.8 Å². The van der Waals surface area contributed by atoms with Crippen molar-refractivity contribution in [3.63, 3.8) is 0 Å². The van der Waals surface area contributed by atoms with E-state index in [0.29, 0.717) is 0 Å². The molecule has 0 bridgehead atoms. The summed E-state index contributed by atoms with van der Waals surface area (Å²) in [5, 5.41) is 0. The van der Waals surface area contributed by atoms with Gasteiger partial charge in [-0.05, 0) is 34.1 Å². The summed E-state index contributed by atoms with van der Waals surface area (Å²) >= 11 is 3.06. The number of alkyl halides is 2. The number of carbonyl (C=O) groups excluding carboxylic acids is 1. The van der Waals surface area contributed by atoms with Crippen LogP contribution in [0.3, 0.4) is 0 Å². The summed E-state index contributed by atoms with van der Waals surface area (Å²) in [6.07, 6.45) is 1.05. The van der Waals surface area contributed by atoms with Gasteiger partial charge in [0, 0.05) is 16.3 Å². The Hall–Kier alpha value is -1.02. The van der Waals surface area contributed by atoms with Crippen molar-refractivity contribution in [1.82, 2.24) is 4.90 Å². The van der Waals surface area contributed by atoms with E-state index in [2.05, 4.69) is 15.9 Å². The second kappa shape index (κ2) is 4.52. The Balaban J connectivity index is 2.24. The number of hydrogen-bond donors (Lipinski definition) is 0. The number of nitrogens with zero attached hydrogens (tertiary/aromatic N) is 1. The molecule has 1 aliphatic rings. The van der Waals surface area contributed by atoms with Gasteiger partial charge in [0.05, 0.1) is 18.0 Å². The monoisotopic (exact) mass is 353 g/mol. The first-order valence-electron chi connectivity index (χ1n) is 5.27. The normalized spacial score (nSPS) is 18.0. The van der Waals surface area contributed by atoms with E-state index in [1.165, 1.54) is 18.2 Å². The van der Waals surface area contributed by atoms with E-state index >= 15 is 0 Å². The molecule has 2 rings (SSSR count). The Morgan fingerprint density at radius 1 is 1.37 bits per heavy atom. The molecule has 1 fully saturated rings. The fourth-order valence-electron chi connectivity index (χ4n) is 1.77. The van der Waals surface area contributed by atoms with E-state index in [1.807, 2.05) is 0 Å². The second-order valence-corrected chi connectivity index (χ2v) is 7.27. The predicted octanol–water partition coefficient (Wildman–Crippen LogP) is 1.94. The van der Waals surface area contributed by atoms with Gasteiger partial charge in [0.1, 0.15) is 0 Å². The summed E-state index contributed by atoms with van der Waals surface area (Å²) in [4.78, 5) is 12.9. The summed E-state index contributed by atoms with van der Waals surface area (Å²) < 4.78 is 48.4. The van der Waals surface area contributed by atoms with Crippen LogP contribution < -0.4 is 0 Å². The first-order chi connectivity index (χ1) is 8.60. The maximum atomic E-state index is 12.7. The molecular weight excluding hydrogens is 344 g/mol. The summed E-state index contributed by atoms with van der Waals surface area (Å²) in [6.45, 7) is -1.20. The largest absolute Gasteiger partial charge is 0.326 e. The van der Waals surface area contributed by atoms with E-state index in [4.69, 9.17) is 0 Å². The van der Waals surface area contributed by atoms with Crippen LogP contribution in [0, 0.1) is 0 Å². The standard InChI is InChI=1S/C11H10BrF2NO3S/c1-19(17,18)9-3-2-7(4-8(9)12)10(16)15-5-11(13,14)6-15/h2-4H,5-6H2,1H3. The number of rotatable bonds is 2. The molecule has 0 saturated carbocycles. The second-order valence-electron chi connectivity index (χ2n) is 4.43. The first kappa shape index (κ1) is 14.4. The van der Waals surface area contributed by atoms with Crippen LogP contribution in [-0.4, -0.2) is 44.5 Å². The Kier molecular flexibility index (Phi) is 3.42. The minimum Gasteiger partial charge on any atom is -0.326 e. The zero-order valence-electron chi connectivity index (χ0n) is 9.86. The van der Waals surface area contributed by atoms with E-state index in [0.717, 1.165) is 11.2 Å². The minimum atomic E-state index is -3.40. The number of hydrogen-bond acceptors (Lipinski definition) is 3. The summed E-state index contributed by atoms with van der Waals surface area (Å²) in [5.41, 5.74) is 0.176. The number of sulfone groups is 1. The number of carbonyl (C=O) groups is 1. The van der Waals surface area contributed by atoms with Gasteiger partial charge in [-0.15, -0.1) is 0 Å². The molecule has 8 heteroatoms. The molecule has 1 heterocycles. The van der Waals surface area contributed by atoms with Crippen molar-refractivity contribution in [3.05, 3.63) is 28.2 Å². The van der Waals surface area contributed by atoms with Crippen LogP contribution >= 0.6 is 15.9 Å². The van der Waals surface area contributed by atoms with Gasteiger partial charge < -0.3 is 4.90 Å². The highest BCUT2D eigenvalue weighted by atomic mass is 79.9. The fourth-order valence-corrected chi connectivity index (χ4v) is 3.76. The van der Waals surface area contributed by atoms with E-state index in [1.54, 1.807) is 0 Å². The highest BCUT2D eigenvalue weighted by Gasteiger charge is 2.46. The molecule has 1 aromatic rings. The molecule has 19 heavy (non-hydrogen) atoms. The lowest BCUT2D eigenvalue weighted by Gasteiger charge is -2.38. The Labute approximate surface area is 117 Å². The molecule has 4 nitrogen and oxygen atoms in total. The molecule has 0 unspecified atom stereocenters. The molecule has 0 N–H and O–H groups in total. The Morgan fingerprint density at radius 3 is 2.37 bits per heavy atom. The van der Waals surface area contributed by atoms with E-state index < -0.39 is 34.8 Å². The number of likely N-dealkylation sites (tertiary alicyclic amines) is 1. The SMILES string of the molecule is CS(=O)(=O)c1ccc(C(=O)N2CC(F)(F)C2)cc1Br. The van der Waals surface area contributed by atoms with Gasteiger partial charge in [-0.3, -0.25) is 4.79 Å². The lowest BCUT2D eigenvalue weighted by molar-refractivity contribution is -0.113. The first-order valence-corrected chi connectivity index (χ1v) is 7.95. The molecule has 1 amide bonds. The van der Waals surface area contributed by atoms with Crippen molar-refractivity contribution in [2.24, 2.45) is 0 Å². The van der Waals surface area contributed by atoms with Gasteiger partial charge in [0.15, 0.2) is 9.84 Å². The highest BCUT2D eigenvalue weighted by Crippen LogP contribution is 2.29. The maximum absolute atomic E-state index is 12.7. The van der Waals surface area contributed by atoms with Gasteiger partial charge in [-0.25, -0.2) is 17.2 Å². The third-order valence-electron chi connectivity index (χ3n) is 2.71. The quantitative estimate of drug-likeness (QED) is 0.816. The number of amides is 1. The van der Waals surface area contributed by atoms with Gasteiger partial charge >= 0.3 is 0 Å². The summed E-state index contributed by atoms with van der Waals surface area (Å²) in [6, 6.07) is 3.93. The molecule has 0 aliphatic carbocycles. The molecular formula is C11H10BrF2NO3S. The molecule has 0 spiro atoms. The van der Waals surface area contributed by atoms with Crippen LogP contribution in [-0.2, 0) is 9.84 Å². The minimum absolute atomic E-state index is 0.0537. The molecule has 1 saturated heterocycles. The predicted molar refractivity (Wildman–Crippen MR) is 68.1 cm³/mol. The molecule has 0 aromatic heterocycles. The van der Waals surface area contributed by atoms with Crippen molar-refractivity contribution < 1.29 is 22.0 Å². The number of benzene rings is 1. The molecule has 1 aliphatic heterocycles. The maximum Gasteiger partial charge on any atom is 0.282 e. The Bertz CT molecular complexity index is 637. The van der Waals surface area contributed by atoms with Crippen LogP contribution in [0.15, 0.2) is 27.6 Å². The smallest absolute Gasteiger partial charge is 0.282 e. The van der Waals surface area contributed by atoms with Crippen molar-refractivity contribution in [1.29, 1.82) is 0 Å². The van der Waals surface area contributed by atoms with Crippen LogP contribution in [0.5, 0.6) is 0 Å².